The number of carboxylic acid groups (broad SMARTS) is 1. The molecular weight excluding hydrogens is 316 g/mol. The van der Waals surface area contributed by atoms with Gasteiger partial charge in [0, 0.05) is 5.69 Å². The average Bonchev–Trinajstić information content (AvgIpc) is 2.67. The van der Waals surface area contributed by atoms with Gasteiger partial charge in [0.2, 0.25) is 0 Å². The van der Waals surface area contributed by atoms with Crippen LogP contribution in [0.4, 0.5) is 16.2 Å². The van der Waals surface area contributed by atoms with Crippen LogP contribution in [-0.2, 0) is 0 Å². The van der Waals surface area contributed by atoms with E-state index in [4.69, 9.17) is 0 Å². The molecule has 1 atom stereocenters. The Balaban J connectivity index is 2.11. The summed E-state index contributed by atoms with van der Waals surface area (Å²) in [6, 6.07) is 26.6. The van der Waals surface area contributed by atoms with E-state index in [-0.39, 0.29) is 0 Å². The minimum atomic E-state index is -1.16. The molecule has 0 saturated carbocycles. The summed E-state index contributed by atoms with van der Waals surface area (Å²) in [6.45, 7) is 0. The van der Waals surface area contributed by atoms with E-state index in [9.17, 15) is 15.1 Å². The molecule has 5 nitrogen and oxygen atoms in total. The number of hydroxylamine groups is 1. The minimum Gasteiger partial charge on any atom is -0.465 e. The lowest BCUT2D eigenvalue weighted by molar-refractivity contribution is 0.179. The van der Waals surface area contributed by atoms with Crippen LogP contribution in [0.25, 0.3) is 0 Å². The van der Waals surface area contributed by atoms with Crippen molar-refractivity contribution in [2.45, 2.75) is 6.17 Å². The van der Waals surface area contributed by atoms with Gasteiger partial charge in [-0.15, -0.1) is 0 Å². The summed E-state index contributed by atoms with van der Waals surface area (Å²) in [5.74, 6) is 0. The monoisotopic (exact) mass is 334 g/mol. The first kappa shape index (κ1) is 16.5. The van der Waals surface area contributed by atoms with Crippen molar-refractivity contribution >= 4 is 17.5 Å². The van der Waals surface area contributed by atoms with Crippen molar-refractivity contribution in [3.8, 4) is 0 Å². The van der Waals surface area contributed by atoms with Crippen LogP contribution in [0.3, 0.4) is 0 Å². The van der Waals surface area contributed by atoms with Gasteiger partial charge in [-0.25, -0.2) is 9.86 Å². The van der Waals surface area contributed by atoms with E-state index in [2.05, 4.69) is 0 Å². The smallest absolute Gasteiger partial charge is 0.413 e. The number of anilines is 2. The third-order valence-electron chi connectivity index (χ3n) is 3.84. The van der Waals surface area contributed by atoms with Gasteiger partial charge < -0.3 is 5.11 Å². The lowest BCUT2D eigenvalue weighted by atomic mass is 10.1. The topological polar surface area (TPSA) is 64.0 Å². The Kier molecular flexibility index (Phi) is 4.97. The molecule has 0 bridgehead atoms. The standard InChI is InChI=1S/C20H18N2O3/c23-20(24)21(17-12-6-2-7-13-17)19(16-10-4-1-5-11-16)22(25)18-14-8-3-9-15-18/h1-15,19,25H,(H,23,24). The average molecular weight is 334 g/mol. The summed E-state index contributed by atoms with van der Waals surface area (Å²) in [7, 11) is 0. The van der Waals surface area contributed by atoms with E-state index in [1.807, 2.05) is 30.3 Å². The van der Waals surface area contributed by atoms with Gasteiger partial charge in [0.05, 0.1) is 5.69 Å². The van der Waals surface area contributed by atoms with E-state index in [1.165, 1.54) is 0 Å². The van der Waals surface area contributed by atoms with E-state index < -0.39 is 12.3 Å². The number of benzene rings is 3. The third-order valence-corrected chi connectivity index (χ3v) is 3.84. The van der Waals surface area contributed by atoms with E-state index in [0.717, 1.165) is 9.96 Å². The molecule has 3 aromatic rings. The fourth-order valence-corrected chi connectivity index (χ4v) is 2.69. The number of nitrogens with zero attached hydrogens (tertiary/aromatic N) is 2. The zero-order valence-corrected chi connectivity index (χ0v) is 13.4. The Labute approximate surface area is 145 Å². The third kappa shape index (κ3) is 3.62. The lowest BCUT2D eigenvalue weighted by Gasteiger charge is -2.35. The van der Waals surface area contributed by atoms with Crippen LogP contribution >= 0.6 is 0 Å². The number of hydrogen-bond donors (Lipinski definition) is 2. The Morgan fingerprint density at radius 2 is 1.16 bits per heavy atom. The van der Waals surface area contributed by atoms with Gasteiger partial charge in [-0.3, -0.25) is 10.1 Å². The second-order valence-corrected chi connectivity index (χ2v) is 5.45. The van der Waals surface area contributed by atoms with Crippen LogP contribution in [0.5, 0.6) is 0 Å². The van der Waals surface area contributed by atoms with Crippen LogP contribution in [0.15, 0.2) is 91.0 Å². The highest BCUT2D eigenvalue weighted by Crippen LogP contribution is 2.32. The van der Waals surface area contributed by atoms with E-state index in [1.54, 1.807) is 60.7 Å². The summed E-state index contributed by atoms with van der Waals surface area (Å²) in [5, 5.41) is 21.7. The summed E-state index contributed by atoms with van der Waals surface area (Å²) >= 11 is 0. The van der Waals surface area contributed by atoms with Gasteiger partial charge in [-0.2, -0.15) is 0 Å². The number of para-hydroxylation sites is 2. The highest BCUT2D eigenvalue weighted by Gasteiger charge is 2.31. The van der Waals surface area contributed by atoms with Crippen molar-refractivity contribution in [2.24, 2.45) is 0 Å². The zero-order chi connectivity index (χ0) is 17.6. The molecule has 5 heteroatoms. The number of amides is 1. The second kappa shape index (κ2) is 7.51. The van der Waals surface area contributed by atoms with Crippen molar-refractivity contribution in [3.63, 3.8) is 0 Å². The molecule has 0 fully saturated rings. The number of carbonyl (C=O) groups is 1. The van der Waals surface area contributed by atoms with Crippen LogP contribution in [0.2, 0.25) is 0 Å². The molecule has 0 radical (unpaired) electrons. The first-order chi connectivity index (χ1) is 12.2. The Hall–Kier alpha value is -3.31. The lowest BCUT2D eigenvalue weighted by Crippen LogP contribution is -2.43. The van der Waals surface area contributed by atoms with Crippen molar-refractivity contribution in [3.05, 3.63) is 96.6 Å². The van der Waals surface area contributed by atoms with Gasteiger partial charge >= 0.3 is 6.09 Å². The molecule has 0 aliphatic carbocycles. The molecule has 2 N–H and O–H groups in total. The van der Waals surface area contributed by atoms with Gasteiger partial charge in [0.1, 0.15) is 0 Å². The van der Waals surface area contributed by atoms with Crippen LogP contribution < -0.4 is 9.96 Å². The maximum Gasteiger partial charge on any atom is 0.413 e. The highest BCUT2D eigenvalue weighted by atomic mass is 16.5. The molecule has 0 spiro atoms. The fraction of sp³-hybridized carbons (Fsp3) is 0.0500. The Morgan fingerprint density at radius 3 is 1.64 bits per heavy atom. The molecule has 25 heavy (non-hydrogen) atoms. The van der Waals surface area contributed by atoms with E-state index >= 15 is 0 Å². The molecule has 3 rings (SSSR count). The summed E-state index contributed by atoms with van der Waals surface area (Å²) in [4.78, 5) is 13.2. The van der Waals surface area contributed by atoms with Gasteiger partial charge in [0.15, 0.2) is 6.17 Å². The van der Waals surface area contributed by atoms with Crippen molar-refractivity contribution in [2.75, 3.05) is 9.96 Å². The highest BCUT2D eigenvalue weighted by molar-refractivity contribution is 5.87. The molecule has 0 aliphatic rings. The summed E-state index contributed by atoms with van der Waals surface area (Å²) < 4.78 is 0. The second-order valence-electron chi connectivity index (χ2n) is 5.45. The van der Waals surface area contributed by atoms with E-state index in [0.29, 0.717) is 16.9 Å². The minimum absolute atomic E-state index is 0.471. The van der Waals surface area contributed by atoms with Gasteiger partial charge in [-0.05, 0) is 29.8 Å². The first-order valence-corrected chi connectivity index (χ1v) is 7.84. The van der Waals surface area contributed by atoms with Crippen LogP contribution in [-0.4, -0.2) is 16.4 Å². The Morgan fingerprint density at radius 1 is 0.720 bits per heavy atom. The van der Waals surface area contributed by atoms with Gasteiger partial charge in [0.25, 0.3) is 0 Å². The molecule has 0 saturated heterocycles. The molecule has 1 amide bonds. The normalized spacial score (nSPS) is 11.6. The van der Waals surface area contributed by atoms with Crippen molar-refractivity contribution < 1.29 is 15.1 Å². The van der Waals surface area contributed by atoms with Gasteiger partial charge in [-0.1, -0.05) is 66.7 Å². The molecule has 0 aromatic heterocycles. The number of hydrogen-bond acceptors (Lipinski definition) is 3. The molecule has 3 aromatic carbocycles. The molecule has 0 heterocycles. The van der Waals surface area contributed by atoms with Crippen molar-refractivity contribution in [1.29, 1.82) is 0 Å². The molecular formula is C20H18N2O3. The van der Waals surface area contributed by atoms with Crippen molar-refractivity contribution in [1.82, 2.24) is 0 Å². The quantitative estimate of drug-likeness (QED) is 0.521. The maximum absolute atomic E-state index is 12.0. The predicted molar refractivity (Wildman–Crippen MR) is 96.8 cm³/mol. The zero-order valence-electron chi connectivity index (χ0n) is 13.4. The Bertz CT molecular complexity index is 810. The number of rotatable bonds is 5. The largest absolute Gasteiger partial charge is 0.465 e. The maximum atomic E-state index is 12.0. The first-order valence-electron chi connectivity index (χ1n) is 7.84. The molecule has 0 aliphatic heterocycles. The summed E-state index contributed by atoms with van der Waals surface area (Å²) in [5.41, 5.74) is 1.62. The molecule has 1 unspecified atom stereocenters. The molecule has 126 valence electrons. The predicted octanol–water partition coefficient (Wildman–Crippen LogP) is 4.77. The van der Waals surface area contributed by atoms with Crippen LogP contribution in [0, 0.1) is 0 Å². The SMILES string of the molecule is O=C(O)N(c1ccccc1)C(c1ccccc1)N(O)c1ccccc1. The summed E-state index contributed by atoms with van der Waals surface area (Å²) in [6.07, 6.45) is -2.08. The fourth-order valence-electron chi connectivity index (χ4n) is 2.69. The van der Waals surface area contributed by atoms with Crippen LogP contribution in [0.1, 0.15) is 11.7 Å².